The van der Waals surface area contributed by atoms with Crippen molar-refractivity contribution in [2.75, 3.05) is 31.1 Å². The van der Waals surface area contributed by atoms with Gasteiger partial charge in [0.05, 0.1) is 5.69 Å². The topological polar surface area (TPSA) is 97.4 Å². The summed E-state index contributed by atoms with van der Waals surface area (Å²) in [5.41, 5.74) is 1.91. The number of nitrogens with zero attached hydrogens (tertiary/aromatic N) is 6. The van der Waals surface area contributed by atoms with E-state index in [4.69, 9.17) is 4.42 Å². The fourth-order valence-electron chi connectivity index (χ4n) is 3.89. The van der Waals surface area contributed by atoms with Crippen LogP contribution in [0, 0.1) is 13.8 Å². The molecule has 1 fully saturated rings. The zero-order chi connectivity index (χ0) is 22.2. The number of imidazole rings is 1. The third-order valence-corrected chi connectivity index (χ3v) is 5.90. The lowest BCUT2D eigenvalue weighted by Gasteiger charge is -2.35. The van der Waals surface area contributed by atoms with Crippen molar-refractivity contribution in [3.8, 4) is 5.82 Å². The molecule has 0 spiro atoms. The smallest absolute Gasteiger partial charge is 0.349 e. The molecule has 1 amide bonds. The fourth-order valence-corrected chi connectivity index (χ4v) is 3.89. The molecule has 0 aliphatic carbocycles. The van der Waals surface area contributed by atoms with Gasteiger partial charge in [-0.3, -0.25) is 9.36 Å². The van der Waals surface area contributed by atoms with Crippen LogP contribution in [0.2, 0.25) is 0 Å². The number of piperazine rings is 1. The number of anilines is 1. The van der Waals surface area contributed by atoms with Crippen molar-refractivity contribution in [2.24, 2.45) is 0 Å². The highest BCUT2D eigenvalue weighted by Gasteiger charge is 2.25. The summed E-state index contributed by atoms with van der Waals surface area (Å²) in [6.45, 7) is 6.12. The van der Waals surface area contributed by atoms with E-state index in [1.807, 2.05) is 36.6 Å². The zero-order valence-electron chi connectivity index (χ0n) is 17.9. The minimum Gasteiger partial charge on any atom is -0.422 e. The maximum absolute atomic E-state index is 13.0. The van der Waals surface area contributed by atoms with Gasteiger partial charge < -0.3 is 14.2 Å². The molecule has 4 aromatic rings. The van der Waals surface area contributed by atoms with E-state index in [-0.39, 0.29) is 11.5 Å². The van der Waals surface area contributed by atoms with Gasteiger partial charge in [0, 0.05) is 43.3 Å². The summed E-state index contributed by atoms with van der Waals surface area (Å²) in [7, 11) is 0. The number of amides is 1. The molecule has 0 atom stereocenters. The Morgan fingerprint density at radius 1 is 0.969 bits per heavy atom. The van der Waals surface area contributed by atoms with Crippen molar-refractivity contribution in [2.45, 2.75) is 13.8 Å². The lowest BCUT2D eigenvalue weighted by atomic mass is 10.1. The predicted molar refractivity (Wildman–Crippen MR) is 119 cm³/mol. The lowest BCUT2D eigenvalue weighted by molar-refractivity contribution is 0.0742. The Kier molecular flexibility index (Phi) is 4.93. The number of fused-ring (bicyclic) bond motifs is 1. The van der Waals surface area contributed by atoms with Gasteiger partial charge in [-0.2, -0.15) is 0 Å². The third-order valence-electron chi connectivity index (χ3n) is 5.90. The lowest BCUT2D eigenvalue weighted by Crippen LogP contribution is -2.49. The number of para-hydroxylation sites is 1. The summed E-state index contributed by atoms with van der Waals surface area (Å²) in [5, 5.41) is 0.729. The van der Waals surface area contributed by atoms with E-state index in [9.17, 15) is 9.59 Å². The van der Waals surface area contributed by atoms with Gasteiger partial charge in [0.1, 0.15) is 35.4 Å². The minimum absolute atomic E-state index is 0.0624. The molecular weight excluding hydrogens is 408 g/mol. The number of aryl methyl sites for hydroxylation is 1. The molecule has 9 nitrogen and oxygen atoms in total. The molecule has 5 rings (SSSR count). The molecule has 3 aromatic heterocycles. The molecule has 4 heterocycles. The summed E-state index contributed by atoms with van der Waals surface area (Å²) in [6.07, 6.45) is 3.29. The van der Waals surface area contributed by atoms with Gasteiger partial charge in [0.25, 0.3) is 5.91 Å². The highest BCUT2D eigenvalue weighted by Crippen LogP contribution is 2.19. The Balaban J connectivity index is 1.32. The molecule has 0 radical (unpaired) electrons. The molecule has 9 heteroatoms. The maximum Gasteiger partial charge on any atom is 0.349 e. The average molecular weight is 430 g/mol. The van der Waals surface area contributed by atoms with Crippen LogP contribution in [0.1, 0.15) is 21.7 Å². The van der Waals surface area contributed by atoms with Crippen LogP contribution in [-0.4, -0.2) is 56.5 Å². The molecular formula is C23H22N6O3. The van der Waals surface area contributed by atoms with E-state index in [0.29, 0.717) is 31.8 Å². The first-order chi connectivity index (χ1) is 15.5. The Labute approximate surface area is 184 Å². The largest absolute Gasteiger partial charge is 0.422 e. The number of hydrogen-bond donors (Lipinski definition) is 0. The number of rotatable bonds is 3. The fraction of sp³-hybridized carbons (Fsp3) is 0.261. The maximum atomic E-state index is 13.0. The molecule has 0 bridgehead atoms. The standard InChI is InChI=1S/C23H22N6O3/c1-15-16(2)29(14-26-15)21-12-20(24-13-25-21)27-7-9-28(10-8-27)22(30)18-11-17-5-3-4-6-19(17)32-23(18)31/h3-6,11-14H,7-10H2,1-2H3. The number of carbonyl (C=O) groups excluding carboxylic acids is 1. The number of benzene rings is 1. The second kappa shape index (κ2) is 7.92. The number of hydrogen-bond acceptors (Lipinski definition) is 7. The van der Waals surface area contributed by atoms with Crippen LogP contribution in [0.25, 0.3) is 16.8 Å². The zero-order valence-corrected chi connectivity index (χ0v) is 17.9. The summed E-state index contributed by atoms with van der Waals surface area (Å²) in [6, 6.07) is 10.7. The molecule has 0 saturated carbocycles. The van der Waals surface area contributed by atoms with Gasteiger partial charge in [-0.25, -0.2) is 19.7 Å². The van der Waals surface area contributed by atoms with Crippen LogP contribution < -0.4 is 10.5 Å². The highest BCUT2D eigenvalue weighted by atomic mass is 16.4. The number of carbonyl (C=O) groups is 1. The van der Waals surface area contributed by atoms with Gasteiger partial charge in [0.2, 0.25) is 0 Å². The Morgan fingerprint density at radius 3 is 2.47 bits per heavy atom. The molecule has 1 aromatic carbocycles. The van der Waals surface area contributed by atoms with E-state index in [1.54, 1.807) is 29.4 Å². The molecule has 0 unspecified atom stereocenters. The highest BCUT2D eigenvalue weighted by molar-refractivity contribution is 5.96. The SMILES string of the molecule is Cc1ncn(-c2cc(N3CCN(C(=O)c4cc5ccccc5oc4=O)CC3)ncn2)c1C. The van der Waals surface area contributed by atoms with Crippen LogP contribution >= 0.6 is 0 Å². The first-order valence-electron chi connectivity index (χ1n) is 10.4. The predicted octanol–water partition coefficient (Wildman–Crippen LogP) is 2.35. The van der Waals surface area contributed by atoms with Crippen LogP contribution in [0.4, 0.5) is 5.82 Å². The van der Waals surface area contributed by atoms with Crippen molar-refractivity contribution in [1.82, 2.24) is 24.4 Å². The van der Waals surface area contributed by atoms with Gasteiger partial charge >= 0.3 is 5.63 Å². The van der Waals surface area contributed by atoms with E-state index in [1.165, 1.54) is 6.33 Å². The Bertz CT molecular complexity index is 1370. The van der Waals surface area contributed by atoms with Crippen LogP contribution in [0.5, 0.6) is 0 Å². The second-order valence-corrected chi connectivity index (χ2v) is 7.78. The van der Waals surface area contributed by atoms with Crippen molar-refractivity contribution in [1.29, 1.82) is 0 Å². The summed E-state index contributed by atoms with van der Waals surface area (Å²) >= 11 is 0. The van der Waals surface area contributed by atoms with Gasteiger partial charge in [0.15, 0.2) is 0 Å². The second-order valence-electron chi connectivity index (χ2n) is 7.78. The first kappa shape index (κ1) is 19.9. The summed E-state index contributed by atoms with van der Waals surface area (Å²) < 4.78 is 7.25. The monoisotopic (exact) mass is 430 g/mol. The molecule has 32 heavy (non-hydrogen) atoms. The molecule has 1 saturated heterocycles. The molecule has 162 valence electrons. The van der Waals surface area contributed by atoms with Crippen molar-refractivity contribution in [3.63, 3.8) is 0 Å². The van der Waals surface area contributed by atoms with E-state index in [0.717, 1.165) is 28.4 Å². The summed E-state index contributed by atoms with van der Waals surface area (Å²) in [4.78, 5) is 42.3. The normalized spacial score (nSPS) is 14.2. The molecule has 1 aliphatic heterocycles. The van der Waals surface area contributed by atoms with E-state index < -0.39 is 5.63 Å². The van der Waals surface area contributed by atoms with Crippen molar-refractivity contribution in [3.05, 3.63) is 76.4 Å². The number of aromatic nitrogens is 4. The Hall–Kier alpha value is -4.01. The molecule has 1 aliphatic rings. The first-order valence-corrected chi connectivity index (χ1v) is 10.4. The quantitative estimate of drug-likeness (QED) is 0.460. The third kappa shape index (κ3) is 3.51. The van der Waals surface area contributed by atoms with Gasteiger partial charge in [-0.1, -0.05) is 18.2 Å². The van der Waals surface area contributed by atoms with Crippen molar-refractivity contribution < 1.29 is 9.21 Å². The van der Waals surface area contributed by atoms with Crippen LogP contribution in [0.15, 0.2) is 58.3 Å². The summed E-state index contributed by atoms with van der Waals surface area (Å²) in [5.74, 6) is 1.23. The van der Waals surface area contributed by atoms with Crippen molar-refractivity contribution >= 4 is 22.7 Å². The van der Waals surface area contributed by atoms with Gasteiger partial charge in [-0.15, -0.1) is 0 Å². The molecule has 0 N–H and O–H groups in total. The van der Waals surface area contributed by atoms with Gasteiger partial charge in [-0.05, 0) is 26.0 Å². The van der Waals surface area contributed by atoms with Crippen LogP contribution in [0.3, 0.4) is 0 Å². The Morgan fingerprint density at radius 2 is 1.72 bits per heavy atom. The van der Waals surface area contributed by atoms with Crippen LogP contribution in [-0.2, 0) is 0 Å². The average Bonchev–Trinajstić information content (AvgIpc) is 3.16. The minimum atomic E-state index is -0.609. The van der Waals surface area contributed by atoms with E-state index >= 15 is 0 Å². The van der Waals surface area contributed by atoms with E-state index in [2.05, 4.69) is 19.9 Å².